The Morgan fingerprint density at radius 1 is 0.964 bits per heavy atom. The van der Waals surface area contributed by atoms with Crippen molar-refractivity contribution in [3.8, 4) is 0 Å². The molecule has 1 heterocycles. The molecule has 2 amide bonds. The van der Waals surface area contributed by atoms with E-state index in [-0.39, 0.29) is 30.9 Å². The fraction of sp³-hybridized carbons (Fsp3) is 0.348. The highest BCUT2D eigenvalue weighted by atomic mass is 16.5. The van der Waals surface area contributed by atoms with Gasteiger partial charge in [0.05, 0.1) is 23.3 Å². The smallest absolute Gasteiger partial charge is 0.338 e. The van der Waals surface area contributed by atoms with Crippen molar-refractivity contribution < 1.29 is 19.1 Å². The van der Waals surface area contributed by atoms with Crippen LogP contribution in [-0.4, -0.2) is 35.8 Å². The van der Waals surface area contributed by atoms with Crippen molar-refractivity contribution in [1.82, 2.24) is 4.90 Å². The number of esters is 1. The van der Waals surface area contributed by atoms with Crippen molar-refractivity contribution in [3.63, 3.8) is 0 Å². The molecular weight excluding hydrogens is 354 g/mol. The number of rotatable bonds is 5. The van der Waals surface area contributed by atoms with E-state index in [2.05, 4.69) is 0 Å². The first kappa shape index (κ1) is 19.8. The number of hydrogen-bond donors (Lipinski definition) is 0. The van der Waals surface area contributed by atoms with Gasteiger partial charge in [0.25, 0.3) is 11.8 Å². The van der Waals surface area contributed by atoms with Gasteiger partial charge in [-0.3, -0.25) is 14.5 Å². The monoisotopic (exact) mass is 379 g/mol. The van der Waals surface area contributed by atoms with E-state index in [4.69, 9.17) is 4.74 Å². The Hall–Kier alpha value is -2.95. The molecule has 0 N–H and O–H groups in total. The molecule has 0 bridgehead atoms. The highest BCUT2D eigenvalue weighted by Crippen LogP contribution is 2.27. The van der Waals surface area contributed by atoms with Crippen LogP contribution in [0.5, 0.6) is 0 Å². The third kappa shape index (κ3) is 3.70. The zero-order valence-corrected chi connectivity index (χ0v) is 17.0. The number of ether oxygens (including phenoxy) is 1. The third-order valence-corrected chi connectivity index (χ3v) is 4.94. The molecule has 0 fully saturated rings. The Labute approximate surface area is 165 Å². The fourth-order valence-corrected chi connectivity index (χ4v) is 3.69. The first-order valence-corrected chi connectivity index (χ1v) is 9.31. The fourth-order valence-electron chi connectivity index (χ4n) is 3.69. The summed E-state index contributed by atoms with van der Waals surface area (Å²) in [5.74, 6) is -0.985. The van der Waals surface area contributed by atoms with E-state index in [0.717, 1.165) is 16.7 Å². The summed E-state index contributed by atoms with van der Waals surface area (Å²) in [4.78, 5) is 39.0. The largest absolute Gasteiger partial charge is 0.461 e. The molecular formula is C23H25NO4. The first-order valence-electron chi connectivity index (χ1n) is 9.31. The molecule has 2 aromatic carbocycles. The predicted octanol–water partition coefficient (Wildman–Crippen LogP) is 4.09. The van der Waals surface area contributed by atoms with Crippen LogP contribution in [0.1, 0.15) is 61.6 Å². The maximum Gasteiger partial charge on any atom is 0.338 e. The lowest BCUT2D eigenvalue weighted by molar-refractivity contribution is 0.0266. The molecule has 1 aliphatic rings. The SMILES string of the molecule is Cc1cc(C)c(C(=O)OCC(C)(C)CN2C(=O)c3ccccc3C2=O)c(C)c1. The second-order valence-electron chi connectivity index (χ2n) is 8.26. The van der Waals surface area contributed by atoms with Crippen LogP contribution in [0.3, 0.4) is 0 Å². The van der Waals surface area contributed by atoms with Gasteiger partial charge in [0.15, 0.2) is 0 Å². The number of carbonyl (C=O) groups is 3. The van der Waals surface area contributed by atoms with Crippen molar-refractivity contribution in [2.75, 3.05) is 13.2 Å². The lowest BCUT2D eigenvalue weighted by Crippen LogP contribution is -2.40. The number of hydrogen-bond acceptors (Lipinski definition) is 4. The van der Waals surface area contributed by atoms with Crippen LogP contribution in [0.15, 0.2) is 36.4 Å². The quantitative estimate of drug-likeness (QED) is 0.580. The van der Waals surface area contributed by atoms with Gasteiger partial charge in [0.1, 0.15) is 0 Å². The van der Waals surface area contributed by atoms with Crippen LogP contribution in [0.2, 0.25) is 0 Å². The van der Waals surface area contributed by atoms with E-state index in [9.17, 15) is 14.4 Å². The number of benzene rings is 2. The van der Waals surface area contributed by atoms with Gasteiger partial charge in [-0.25, -0.2) is 4.79 Å². The van der Waals surface area contributed by atoms with E-state index >= 15 is 0 Å². The van der Waals surface area contributed by atoms with Crippen molar-refractivity contribution in [2.45, 2.75) is 34.6 Å². The number of aryl methyl sites for hydroxylation is 3. The van der Waals surface area contributed by atoms with Crippen LogP contribution in [-0.2, 0) is 4.74 Å². The number of carbonyl (C=O) groups excluding carboxylic acids is 3. The molecule has 0 radical (unpaired) electrons. The molecule has 2 aromatic rings. The van der Waals surface area contributed by atoms with E-state index in [0.29, 0.717) is 16.7 Å². The minimum absolute atomic E-state index is 0.103. The van der Waals surface area contributed by atoms with Gasteiger partial charge in [-0.1, -0.05) is 43.7 Å². The van der Waals surface area contributed by atoms with Gasteiger partial charge in [-0.2, -0.15) is 0 Å². The zero-order valence-electron chi connectivity index (χ0n) is 17.0. The summed E-state index contributed by atoms with van der Waals surface area (Å²) >= 11 is 0. The lowest BCUT2D eigenvalue weighted by Gasteiger charge is -2.28. The molecule has 5 nitrogen and oxygen atoms in total. The summed E-state index contributed by atoms with van der Waals surface area (Å²) < 4.78 is 5.56. The van der Waals surface area contributed by atoms with Gasteiger partial charge >= 0.3 is 5.97 Å². The van der Waals surface area contributed by atoms with Gasteiger partial charge < -0.3 is 4.74 Å². The van der Waals surface area contributed by atoms with Crippen molar-refractivity contribution in [2.24, 2.45) is 5.41 Å². The number of imide groups is 1. The molecule has 0 aromatic heterocycles. The standard InChI is InChI=1S/C23H25NO4/c1-14-10-15(2)19(16(3)11-14)22(27)28-13-23(4,5)12-24-20(25)17-8-6-7-9-18(17)21(24)26/h6-11H,12-13H2,1-5H3. The molecule has 5 heteroatoms. The summed E-state index contributed by atoms with van der Waals surface area (Å²) in [6.07, 6.45) is 0. The molecule has 146 valence electrons. The number of amides is 2. The van der Waals surface area contributed by atoms with Crippen molar-refractivity contribution >= 4 is 17.8 Å². The van der Waals surface area contributed by atoms with Gasteiger partial charge in [-0.15, -0.1) is 0 Å². The lowest BCUT2D eigenvalue weighted by atomic mass is 9.93. The minimum Gasteiger partial charge on any atom is -0.461 e. The van der Waals surface area contributed by atoms with E-state index in [1.54, 1.807) is 24.3 Å². The molecule has 0 atom stereocenters. The summed E-state index contributed by atoms with van der Waals surface area (Å²) in [5.41, 5.74) is 3.69. The maximum atomic E-state index is 12.6. The Kier molecular flexibility index (Phi) is 5.11. The highest BCUT2D eigenvalue weighted by Gasteiger charge is 2.38. The van der Waals surface area contributed by atoms with Crippen LogP contribution in [0.25, 0.3) is 0 Å². The average Bonchev–Trinajstić information content (AvgIpc) is 2.84. The predicted molar refractivity (Wildman–Crippen MR) is 107 cm³/mol. The maximum absolute atomic E-state index is 12.6. The molecule has 0 saturated heterocycles. The van der Waals surface area contributed by atoms with Gasteiger partial charge in [0.2, 0.25) is 0 Å². The minimum atomic E-state index is -0.574. The molecule has 0 spiro atoms. The van der Waals surface area contributed by atoms with Crippen molar-refractivity contribution in [3.05, 3.63) is 69.8 Å². The summed E-state index contributed by atoms with van der Waals surface area (Å²) in [6.45, 7) is 9.79. The normalized spacial score (nSPS) is 13.7. The van der Waals surface area contributed by atoms with E-state index in [1.807, 2.05) is 46.8 Å². The highest BCUT2D eigenvalue weighted by molar-refractivity contribution is 6.21. The molecule has 3 rings (SSSR count). The second-order valence-corrected chi connectivity index (χ2v) is 8.26. The van der Waals surface area contributed by atoms with Crippen LogP contribution >= 0.6 is 0 Å². The molecule has 1 aliphatic heterocycles. The molecule has 0 saturated carbocycles. The summed E-state index contributed by atoms with van der Waals surface area (Å²) in [7, 11) is 0. The Bertz CT molecular complexity index is 916. The Morgan fingerprint density at radius 3 is 1.96 bits per heavy atom. The molecule has 0 aliphatic carbocycles. The summed E-state index contributed by atoms with van der Waals surface area (Å²) in [5, 5.41) is 0. The Balaban J connectivity index is 1.69. The topological polar surface area (TPSA) is 63.7 Å². The summed E-state index contributed by atoms with van der Waals surface area (Å²) in [6, 6.07) is 10.7. The van der Waals surface area contributed by atoms with Gasteiger partial charge in [-0.05, 0) is 44.0 Å². The molecule has 0 unspecified atom stereocenters. The second kappa shape index (κ2) is 7.23. The number of nitrogens with zero attached hydrogens (tertiary/aromatic N) is 1. The van der Waals surface area contributed by atoms with E-state index < -0.39 is 5.41 Å². The van der Waals surface area contributed by atoms with Gasteiger partial charge in [0, 0.05) is 12.0 Å². The average molecular weight is 379 g/mol. The van der Waals surface area contributed by atoms with Crippen molar-refractivity contribution in [1.29, 1.82) is 0 Å². The first-order chi connectivity index (χ1) is 13.1. The third-order valence-electron chi connectivity index (χ3n) is 4.94. The Morgan fingerprint density at radius 2 is 1.46 bits per heavy atom. The zero-order chi connectivity index (χ0) is 20.6. The molecule has 28 heavy (non-hydrogen) atoms. The number of fused-ring (bicyclic) bond motifs is 1. The van der Waals surface area contributed by atoms with Crippen LogP contribution in [0.4, 0.5) is 0 Å². The van der Waals surface area contributed by atoms with E-state index in [1.165, 1.54) is 4.90 Å². The van der Waals surface area contributed by atoms with Crippen LogP contribution < -0.4 is 0 Å². The van der Waals surface area contributed by atoms with Crippen LogP contribution in [0, 0.1) is 26.2 Å².